The molecule has 0 heterocycles. The first-order chi connectivity index (χ1) is 2.77. The molecule has 0 aromatic rings. The van der Waals surface area contributed by atoms with Crippen LogP contribution in [0.3, 0.4) is 0 Å². The van der Waals surface area contributed by atoms with Crippen molar-refractivity contribution in [2.45, 2.75) is 6.92 Å². The molecule has 0 aliphatic heterocycles. The molecule has 0 radical (unpaired) electrons. The minimum Gasteiger partial charge on any atom is -0.499 e. The Balaban J connectivity index is 2.83. The minimum absolute atomic E-state index is 0.231. The van der Waals surface area contributed by atoms with Gasteiger partial charge in [0, 0.05) is 6.92 Å². The van der Waals surface area contributed by atoms with Crippen LogP contribution in [-0.2, 0) is 9.53 Å². The van der Waals surface area contributed by atoms with Gasteiger partial charge in [-0.3, -0.25) is 4.79 Å². The maximum atomic E-state index is 9.78. The van der Waals surface area contributed by atoms with Gasteiger partial charge in [-0.25, -0.2) is 0 Å². The van der Waals surface area contributed by atoms with Crippen molar-refractivity contribution >= 4 is 5.97 Å². The van der Waals surface area contributed by atoms with Crippen LogP contribution in [0.2, 0.25) is 0 Å². The summed E-state index contributed by atoms with van der Waals surface area (Å²) in [6.07, 6.45) is 0. The van der Waals surface area contributed by atoms with Crippen LogP contribution in [0.5, 0.6) is 0 Å². The summed E-state index contributed by atoms with van der Waals surface area (Å²) in [7, 11) is 0. The first-order valence-electron chi connectivity index (χ1n) is 1.70. The highest BCUT2D eigenvalue weighted by atomic mass is 16.5. The zero-order valence-corrected chi connectivity index (χ0v) is 3.73. The van der Waals surface area contributed by atoms with Crippen molar-refractivity contribution in [3.63, 3.8) is 0 Å². The summed E-state index contributed by atoms with van der Waals surface area (Å²) in [5.41, 5.74) is 0. The zero-order chi connectivity index (χ0) is 4.99. The van der Waals surface area contributed by atoms with Crippen LogP contribution in [0.15, 0.2) is 0 Å². The largest absolute Gasteiger partial charge is 0.499 e. The first-order valence-corrected chi connectivity index (χ1v) is 1.70. The van der Waals surface area contributed by atoms with Gasteiger partial charge in [0.25, 0.3) is 5.97 Å². The lowest BCUT2D eigenvalue weighted by molar-refractivity contribution is -0.139. The SMILES string of the molecule is [CH2-]COC(C)=O. The third kappa shape index (κ3) is 3.47. The first kappa shape index (κ1) is 5.47. The molecule has 0 spiro atoms. The van der Waals surface area contributed by atoms with E-state index < -0.39 is 0 Å². The second kappa shape index (κ2) is 2.69. The lowest BCUT2D eigenvalue weighted by atomic mass is 10.8. The van der Waals surface area contributed by atoms with Crippen molar-refractivity contribution < 1.29 is 9.53 Å². The molecule has 0 fully saturated rings. The number of hydrogen-bond donors (Lipinski definition) is 0. The molecule has 6 heavy (non-hydrogen) atoms. The van der Waals surface area contributed by atoms with E-state index in [1.807, 2.05) is 0 Å². The van der Waals surface area contributed by atoms with E-state index in [1.54, 1.807) is 0 Å². The van der Waals surface area contributed by atoms with E-state index in [0.717, 1.165) is 0 Å². The fourth-order valence-electron chi connectivity index (χ4n) is 0.144. The standard InChI is InChI=1S/C4H7O2/c1-3-6-4(2)5/h1,3H2,2H3/q-1. The molecule has 0 aliphatic carbocycles. The normalized spacial score (nSPS) is 7.67. The van der Waals surface area contributed by atoms with E-state index >= 15 is 0 Å². The average molecular weight is 87.1 g/mol. The number of esters is 1. The lowest BCUT2D eigenvalue weighted by Crippen LogP contribution is -1.95. The molecule has 0 amide bonds. The van der Waals surface area contributed by atoms with E-state index in [4.69, 9.17) is 0 Å². The maximum absolute atomic E-state index is 9.78. The van der Waals surface area contributed by atoms with Gasteiger partial charge in [0.2, 0.25) is 0 Å². The Morgan fingerprint density at radius 2 is 2.50 bits per heavy atom. The molecule has 2 nitrogen and oxygen atoms in total. The Morgan fingerprint density at radius 3 is 2.50 bits per heavy atom. The third-order valence-corrected chi connectivity index (χ3v) is 0.305. The molecule has 0 unspecified atom stereocenters. The van der Waals surface area contributed by atoms with Crippen molar-refractivity contribution in [1.82, 2.24) is 0 Å². The van der Waals surface area contributed by atoms with Crippen molar-refractivity contribution in [3.8, 4) is 0 Å². The van der Waals surface area contributed by atoms with Gasteiger partial charge in [-0.1, -0.05) is 0 Å². The van der Waals surface area contributed by atoms with Crippen LogP contribution in [0.1, 0.15) is 6.92 Å². The summed E-state index contributed by atoms with van der Waals surface area (Å²) in [5.74, 6) is -0.273. The monoisotopic (exact) mass is 87.0 g/mol. The molecule has 0 aromatic heterocycles. The quantitative estimate of drug-likeness (QED) is 0.341. The van der Waals surface area contributed by atoms with Gasteiger partial charge in [-0.15, -0.1) is 0 Å². The van der Waals surface area contributed by atoms with E-state index in [0.29, 0.717) is 0 Å². The maximum Gasteiger partial charge on any atom is 0.299 e. The van der Waals surface area contributed by atoms with Gasteiger partial charge >= 0.3 is 0 Å². The number of carbonyl (C=O) groups excluding carboxylic acids is 1. The summed E-state index contributed by atoms with van der Waals surface area (Å²) < 4.78 is 4.29. The number of carbonyl (C=O) groups is 1. The van der Waals surface area contributed by atoms with Crippen LogP contribution >= 0.6 is 0 Å². The van der Waals surface area contributed by atoms with Crippen LogP contribution in [0.4, 0.5) is 0 Å². The second-order valence-corrected chi connectivity index (χ2v) is 0.840. The predicted octanol–water partition coefficient (Wildman–Crippen LogP) is 0.384. The fourth-order valence-corrected chi connectivity index (χ4v) is 0.144. The van der Waals surface area contributed by atoms with Crippen molar-refractivity contribution in [2.75, 3.05) is 6.61 Å². The molecule has 0 saturated carbocycles. The molecule has 0 N–H and O–H groups in total. The molecule has 0 bridgehead atoms. The van der Waals surface area contributed by atoms with E-state index in [2.05, 4.69) is 11.7 Å². The fraction of sp³-hybridized carbons (Fsp3) is 0.500. The molecule has 0 atom stereocenters. The van der Waals surface area contributed by atoms with E-state index in [-0.39, 0.29) is 12.6 Å². The molecule has 2 heteroatoms. The smallest absolute Gasteiger partial charge is 0.299 e. The summed E-state index contributed by atoms with van der Waals surface area (Å²) in [6, 6.07) is 0. The van der Waals surface area contributed by atoms with Crippen molar-refractivity contribution in [3.05, 3.63) is 6.92 Å². The van der Waals surface area contributed by atoms with Gasteiger partial charge in [0.1, 0.15) is 0 Å². The molecular formula is C4H7O2-. The molecule has 0 aromatic carbocycles. The third-order valence-electron chi connectivity index (χ3n) is 0.305. The molecule has 36 valence electrons. The summed E-state index contributed by atoms with van der Waals surface area (Å²) in [6.45, 7) is 4.87. The number of rotatable bonds is 1. The summed E-state index contributed by atoms with van der Waals surface area (Å²) in [4.78, 5) is 9.78. The van der Waals surface area contributed by atoms with Gasteiger partial charge in [-0.05, 0) is 6.61 Å². The highest BCUT2D eigenvalue weighted by Gasteiger charge is 1.78. The minimum atomic E-state index is -0.273. The summed E-state index contributed by atoms with van der Waals surface area (Å²) >= 11 is 0. The average Bonchev–Trinajstić information content (AvgIpc) is 1.35. The second-order valence-electron chi connectivity index (χ2n) is 0.840. The van der Waals surface area contributed by atoms with Gasteiger partial charge < -0.3 is 11.7 Å². The predicted molar refractivity (Wildman–Crippen MR) is 22.0 cm³/mol. The topological polar surface area (TPSA) is 26.3 Å². The zero-order valence-electron chi connectivity index (χ0n) is 3.73. The Labute approximate surface area is 37.1 Å². The number of hydrogen-bond acceptors (Lipinski definition) is 2. The van der Waals surface area contributed by atoms with Gasteiger partial charge in [0.15, 0.2) is 0 Å². The van der Waals surface area contributed by atoms with Crippen LogP contribution in [0.25, 0.3) is 0 Å². The molecule has 0 rings (SSSR count). The Hall–Kier alpha value is -0.530. The van der Waals surface area contributed by atoms with Crippen LogP contribution < -0.4 is 0 Å². The Bertz CT molecular complexity index is 49.5. The van der Waals surface area contributed by atoms with E-state index in [9.17, 15) is 4.79 Å². The molecule has 0 saturated heterocycles. The van der Waals surface area contributed by atoms with Crippen LogP contribution in [0, 0.1) is 6.92 Å². The highest BCUT2D eigenvalue weighted by molar-refractivity contribution is 5.65. The van der Waals surface area contributed by atoms with Gasteiger partial charge in [0.05, 0.1) is 0 Å². The highest BCUT2D eigenvalue weighted by Crippen LogP contribution is 1.69. The Morgan fingerprint density at radius 1 is 2.00 bits per heavy atom. The lowest BCUT2D eigenvalue weighted by Gasteiger charge is -1.95. The molecule has 0 aliphatic rings. The number of ether oxygens (including phenoxy) is 1. The van der Waals surface area contributed by atoms with Crippen LogP contribution in [-0.4, -0.2) is 12.6 Å². The molecular weight excluding hydrogens is 80.0 g/mol. The van der Waals surface area contributed by atoms with Crippen molar-refractivity contribution in [1.29, 1.82) is 0 Å². The van der Waals surface area contributed by atoms with Crippen molar-refractivity contribution in [2.24, 2.45) is 0 Å². The van der Waals surface area contributed by atoms with E-state index in [1.165, 1.54) is 6.92 Å². The Kier molecular flexibility index (Phi) is 2.46. The van der Waals surface area contributed by atoms with Gasteiger partial charge in [-0.2, -0.15) is 0 Å². The summed E-state index contributed by atoms with van der Waals surface area (Å²) in [5, 5.41) is 0.